The van der Waals surface area contributed by atoms with E-state index in [1.807, 2.05) is 0 Å². The molecule has 0 aromatic carbocycles. The maximum Gasteiger partial charge on any atom is 0.142 e. The van der Waals surface area contributed by atoms with Gasteiger partial charge in [0.1, 0.15) is 11.4 Å². The molecule has 0 saturated carbocycles. The van der Waals surface area contributed by atoms with Crippen molar-refractivity contribution in [1.82, 2.24) is 4.98 Å². The molecule has 0 aliphatic heterocycles. The van der Waals surface area contributed by atoms with Crippen molar-refractivity contribution in [3.8, 4) is 0 Å². The summed E-state index contributed by atoms with van der Waals surface area (Å²) in [6, 6.07) is 3.45. The van der Waals surface area contributed by atoms with Crippen molar-refractivity contribution in [1.29, 1.82) is 0 Å². The van der Waals surface area contributed by atoms with Crippen LogP contribution in [0, 0.1) is 0 Å². The number of hydrogen-bond acceptors (Lipinski definition) is 2. The number of halogens is 1. The molecule has 0 aliphatic carbocycles. The van der Waals surface area contributed by atoms with E-state index in [4.69, 9.17) is 11.6 Å². The third-order valence-electron chi connectivity index (χ3n) is 1.12. The number of carbonyl (C=O) groups excluding carboxylic acids is 1. The molecule has 2 nitrogen and oxygen atoms in total. The summed E-state index contributed by atoms with van der Waals surface area (Å²) < 4.78 is 0. The highest BCUT2D eigenvalue weighted by Crippen LogP contribution is 2.07. The van der Waals surface area contributed by atoms with E-state index in [0.717, 1.165) is 5.56 Å². The minimum Gasteiger partial charge on any atom is -0.299 e. The summed E-state index contributed by atoms with van der Waals surface area (Å²) in [6.45, 7) is 0. The number of pyridine rings is 1. The lowest BCUT2D eigenvalue weighted by Gasteiger charge is -1.90. The highest BCUT2D eigenvalue weighted by Gasteiger charge is 1.88. The molecule has 0 saturated heterocycles. The third-order valence-corrected chi connectivity index (χ3v) is 1.32. The molecule has 11 heavy (non-hydrogen) atoms. The highest BCUT2D eigenvalue weighted by atomic mass is 35.5. The second-order valence-electron chi connectivity index (χ2n) is 1.91. The molecule has 0 N–H and O–H groups in total. The SMILES string of the molecule is O=CC=Cc1ccnc(Cl)c1. The molecule has 1 aromatic heterocycles. The van der Waals surface area contributed by atoms with Crippen molar-refractivity contribution < 1.29 is 4.79 Å². The molecule has 0 radical (unpaired) electrons. The molecular weight excluding hydrogens is 162 g/mol. The van der Waals surface area contributed by atoms with Crippen molar-refractivity contribution in [3.05, 3.63) is 35.1 Å². The molecule has 0 atom stereocenters. The van der Waals surface area contributed by atoms with E-state index < -0.39 is 0 Å². The molecule has 1 rings (SSSR count). The van der Waals surface area contributed by atoms with Gasteiger partial charge in [0.2, 0.25) is 0 Å². The number of allylic oxidation sites excluding steroid dienone is 1. The molecule has 0 aliphatic rings. The van der Waals surface area contributed by atoms with E-state index in [-0.39, 0.29) is 0 Å². The van der Waals surface area contributed by atoms with Crippen LogP contribution in [0.15, 0.2) is 24.4 Å². The predicted octanol–water partition coefficient (Wildman–Crippen LogP) is 1.95. The van der Waals surface area contributed by atoms with Gasteiger partial charge in [-0.1, -0.05) is 17.7 Å². The lowest BCUT2D eigenvalue weighted by Crippen LogP contribution is -1.75. The summed E-state index contributed by atoms with van der Waals surface area (Å²) in [5, 5.41) is 0.429. The van der Waals surface area contributed by atoms with Gasteiger partial charge in [-0.15, -0.1) is 0 Å². The summed E-state index contributed by atoms with van der Waals surface area (Å²) in [6.07, 6.45) is 5.38. The molecule has 56 valence electrons. The lowest BCUT2D eigenvalue weighted by atomic mass is 10.2. The van der Waals surface area contributed by atoms with E-state index in [1.54, 1.807) is 24.4 Å². The fourth-order valence-corrected chi connectivity index (χ4v) is 0.854. The molecule has 0 unspecified atom stereocenters. The highest BCUT2D eigenvalue weighted by molar-refractivity contribution is 6.29. The van der Waals surface area contributed by atoms with Gasteiger partial charge in [-0.05, 0) is 23.8 Å². The van der Waals surface area contributed by atoms with Crippen LogP contribution in [0.2, 0.25) is 5.15 Å². The van der Waals surface area contributed by atoms with E-state index >= 15 is 0 Å². The van der Waals surface area contributed by atoms with E-state index in [2.05, 4.69) is 4.98 Å². The van der Waals surface area contributed by atoms with Gasteiger partial charge in [-0.2, -0.15) is 0 Å². The Labute approximate surface area is 69.5 Å². The molecule has 1 aromatic rings. The van der Waals surface area contributed by atoms with E-state index in [0.29, 0.717) is 11.4 Å². The summed E-state index contributed by atoms with van der Waals surface area (Å²) in [4.78, 5) is 13.7. The molecule has 0 fully saturated rings. The van der Waals surface area contributed by atoms with E-state index in [9.17, 15) is 4.79 Å². The summed E-state index contributed by atoms with van der Waals surface area (Å²) in [5.74, 6) is 0. The van der Waals surface area contributed by atoms with Gasteiger partial charge in [-0.3, -0.25) is 4.79 Å². The molecule has 0 amide bonds. The normalized spacial score (nSPS) is 10.3. The number of nitrogens with zero attached hydrogens (tertiary/aromatic N) is 1. The number of carbonyl (C=O) groups is 1. The first-order chi connectivity index (χ1) is 5.33. The standard InChI is InChI=1S/C8H6ClNO/c9-8-6-7(2-1-5-11)3-4-10-8/h1-6H. The first kappa shape index (κ1) is 7.95. The average molecular weight is 168 g/mol. The predicted molar refractivity (Wildman–Crippen MR) is 44.3 cm³/mol. The van der Waals surface area contributed by atoms with Gasteiger partial charge in [0.25, 0.3) is 0 Å². The number of rotatable bonds is 2. The minimum atomic E-state index is 0.429. The van der Waals surface area contributed by atoms with Gasteiger partial charge >= 0.3 is 0 Å². The Morgan fingerprint density at radius 1 is 1.55 bits per heavy atom. The topological polar surface area (TPSA) is 30.0 Å². The van der Waals surface area contributed by atoms with E-state index in [1.165, 1.54) is 6.08 Å². The smallest absolute Gasteiger partial charge is 0.142 e. The van der Waals surface area contributed by atoms with Gasteiger partial charge in [0.15, 0.2) is 0 Å². The second-order valence-corrected chi connectivity index (χ2v) is 2.29. The maximum absolute atomic E-state index is 9.93. The second kappa shape index (κ2) is 3.88. The Balaban J connectivity index is 2.87. The first-order valence-corrected chi connectivity index (χ1v) is 3.44. The summed E-state index contributed by atoms with van der Waals surface area (Å²) >= 11 is 5.59. The van der Waals surface area contributed by atoms with Crippen LogP contribution in [0.1, 0.15) is 5.56 Å². The Morgan fingerprint density at radius 3 is 3.00 bits per heavy atom. The summed E-state index contributed by atoms with van der Waals surface area (Å²) in [5.41, 5.74) is 0.872. The Morgan fingerprint density at radius 2 is 2.36 bits per heavy atom. The fraction of sp³-hybridized carbons (Fsp3) is 0. The van der Waals surface area contributed by atoms with Crippen LogP contribution in [0.4, 0.5) is 0 Å². The van der Waals surface area contributed by atoms with Crippen LogP contribution in [0.5, 0.6) is 0 Å². The van der Waals surface area contributed by atoms with Gasteiger partial charge in [0, 0.05) is 6.20 Å². The fourth-order valence-electron chi connectivity index (χ4n) is 0.672. The van der Waals surface area contributed by atoms with Crippen LogP contribution < -0.4 is 0 Å². The number of hydrogen-bond donors (Lipinski definition) is 0. The lowest BCUT2D eigenvalue weighted by molar-refractivity contribution is -0.104. The van der Waals surface area contributed by atoms with Crippen molar-refractivity contribution in [2.45, 2.75) is 0 Å². The maximum atomic E-state index is 9.93. The minimum absolute atomic E-state index is 0.429. The third kappa shape index (κ3) is 2.51. The van der Waals surface area contributed by atoms with Gasteiger partial charge in [-0.25, -0.2) is 4.98 Å². The monoisotopic (exact) mass is 167 g/mol. The van der Waals surface area contributed by atoms with Crippen molar-refractivity contribution in [3.63, 3.8) is 0 Å². The average Bonchev–Trinajstić information content (AvgIpc) is 2.01. The molecule has 3 heteroatoms. The van der Waals surface area contributed by atoms with Crippen LogP contribution in [-0.2, 0) is 4.79 Å². The number of aromatic nitrogens is 1. The van der Waals surface area contributed by atoms with Crippen molar-refractivity contribution in [2.75, 3.05) is 0 Å². The van der Waals surface area contributed by atoms with Gasteiger partial charge < -0.3 is 0 Å². The number of aldehydes is 1. The largest absolute Gasteiger partial charge is 0.299 e. The van der Waals surface area contributed by atoms with Crippen molar-refractivity contribution >= 4 is 24.0 Å². The van der Waals surface area contributed by atoms with Crippen LogP contribution in [0.3, 0.4) is 0 Å². The molecule has 1 heterocycles. The van der Waals surface area contributed by atoms with Crippen LogP contribution in [0.25, 0.3) is 6.08 Å². The Bertz CT molecular complexity index is 283. The molecular formula is C8H6ClNO. The first-order valence-electron chi connectivity index (χ1n) is 3.06. The zero-order valence-corrected chi connectivity index (χ0v) is 6.45. The quantitative estimate of drug-likeness (QED) is 0.383. The van der Waals surface area contributed by atoms with Gasteiger partial charge in [0.05, 0.1) is 0 Å². The zero-order valence-electron chi connectivity index (χ0n) is 5.70. The molecule has 0 spiro atoms. The Hall–Kier alpha value is -1.15. The summed E-state index contributed by atoms with van der Waals surface area (Å²) in [7, 11) is 0. The zero-order chi connectivity index (χ0) is 8.10. The van der Waals surface area contributed by atoms with Crippen molar-refractivity contribution in [2.24, 2.45) is 0 Å². The Kier molecular flexibility index (Phi) is 2.81. The van der Waals surface area contributed by atoms with Crippen LogP contribution >= 0.6 is 11.6 Å². The van der Waals surface area contributed by atoms with Crippen LogP contribution in [-0.4, -0.2) is 11.3 Å². The molecule has 0 bridgehead atoms.